The van der Waals surface area contributed by atoms with Crippen LogP contribution in [0.1, 0.15) is 26.7 Å². The summed E-state index contributed by atoms with van der Waals surface area (Å²) >= 11 is 0. The highest BCUT2D eigenvalue weighted by molar-refractivity contribution is 4.87. The average molecular weight is 225 g/mol. The maximum Gasteiger partial charge on any atom is 0.0140 e. The van der Waals surface area contributed by atoms with E-state index in [1.807, 2.05) is 0 Å². The van der Waals surface area contributed by atoms with Crippen molar-refractivity contribution in [1.29, 1.82) is 0 Å². The summed E-state index contributed by atoms with van der Waals surface area (Å²) in [6.07, 6.45) is 2.74. The van der Waals surface area contributed by atoms with E-state index in [1.54, 1.807) is 0 Å². The lowest BCUT2D eigenvalue weighted by molar-refractivity contribution is 0.112. The minimum absolute atomic E-state index is 0.817. The summed E-state index contributed by atoms with van der Waals surface area (Å²) in [6, 6.07) is 0.817. The minimum Gasteiger partial charge on any atom is -0.316 e. The third-order valence-corrected chi connectivity index (χ3v) is 3.98. The Kier molecular flexibility index (Phi) is 4.62. The number of nitrogens with one attached hydrogen (secondary N) is 2. The first-order chi connectivity index (χ1) is 7.77. The molecule has 3 nitrogen and oxygen atoms in total. The van der Waals surface area contributed by atoms with E-state index in [4.69, 9.17) is 0 Å². The molecule has 2 N–H and O–H groups in total. The Morgan fingerprint density at radius 3 is 2.44 bits per heavy atom. The lowest BCUT2D eigenvalue weighted by Crippen LogP contribution is -2.51. The maximum absolute atomic E-state index is 3.52. The highest BCUT2D eigenvalue weighted by Crippen LogP contribution is 2.24. The van der Waals surface area contributed by atoms with Crippen LogP contribution in [0.2, 0.25) is 0 Å². The monoisotopic (exact) mass is 225 g/mol. The molecule has 0 aromatic carbocycles. The van der Waals surface area contributed by atoms with E-state index in [1.165, 1.54) is 52.1 Å². The summed E-state index contributed by atoms with van der Waals surface area (Å²) in [5.74, 6) is 1.71. The molecule has 0 aliphatic carbocycles. The average Bonchev–Trinajstić information content (AvgIpc) is 2.80. The van der Waals surface area contributed by atoms with Gasteiger partial charge in [-0.05, 0) is 37.8 Å². The van der Waals surface area contributed by atoms with Crippen LogP contribution in [0.15, 0.2) is 0 Å². The predicted octanol–water partition coefficient (Wildman–Crippen LogP) is 0.916. The van der Waals surface area contributed by atoms with Crippen LogP contribution in [-0.2, 0) is 0 Å². The Morgan fingerprint density at radius 2 is 1.88 bits per heavy atom. The fourth-order valence-corrected chi connectivity index (χ4v) is 3.14. The summed E-state index contributed by atoms with van der Waals surface area (Å²) < 4.78 is 0. The van der Waals surface area contributed by atoms with Gasteiger partial charge in [0.1, 0.15) is 0 Å². The molecule has 0 amide bonds. The van der Waals surface area contributed by atoms with E-state index < -0.39 is 0 Å². The second-order valence-corrected chi connectivity index (χ2v) is 5.74. The SMILES string of the molecule is CC(C)CC(C1CCNC1)N1CCNCC1. The largest absolute Gasteiger partial charge is 0.316 e. The molecule has 94 valence electrons. The Bertz CT molecular complexity index is 193. The standard InChI is InChI=1S/C13H27N3/c1-11(2)9-13(12-3-4-15-10-12)16-7-5-14-6-8-16/h11-15H,3-10H2,1-2H3. The molecule has 0 aromatic rings. The van der Waals surface area contributed by atoms with E-state index in [0.29, 0.717) is 0 Å². The molecular weight excluding hydrogens is 198 g/mol. The topological polar surface area (TPSA) is 27.3 Å². The summed E-state index contributed by atoms with van der Waals surface area (Å²) in [5, 5.41) is 6.98. The van der Waals surface area contributed by atoms with E-state index in [-0.39, 0.29) is 0 Å². The zero-order chi connectivity index (χ0) is 11.4. The third kappa shape index (κ3) is 3.19. The number of hydrogen-bond donors (Lipinski definition) is 2. The van der Waals surface area contributed by atoms with Crippen LogP contribution in [0.4, 0.5) is 0 Å². The lowest BCUT2D eigenvalue weighted by atomic mass is 9.89. The van der Waals surface area contributed by atoms with Crippen LogP contribution in [0, 0.1) is 11.8 Å². The second-order valence-electron chi connectivity index (χ2n) is 5.74. The Balaban J connectivity index is 1.94. The van der Waals surface area contributed by atoms with Gasteiger partial charge < -0.3 is 10.6 Å². The van der Waals surface area contributed by atoms with Gasteiger partial charge in [0.05, 0.1) is 0 Å². The lowest BCUT2D eigenvalue weighted by Gasteiger charge is -2.39. The fraction of sp³-hybridized carbons (Fsp3) is 1.00. The molecule has 0 saturated carbocycles. The zero-order valence-corrected chi connectivity index (χ0v) is 10.8. The quantitative estimate of drug-likeness (QED) is 0.745. The van der Waals surface area contributed by atoms with Gasteiger partial charge >= 0.3 is 0 Å². The van der Waals surface area contributed by atoms with E-state index in [9.17, 15) is 0 Å². The van der Waals surface area contributed by atoms with Gasteiger partial charge in [-0.3, -0.25) is 4.90 Å². The third-order valence-electron chi connectivity index (χ3n) is 3.98. The first kappa shape index (κ1) is 12.3. The fourth-order valence-electron chi connectivity index (χ4n) is 3.14. The molecule has 0 radical (unpaired) electrons. The predicted molar refractivity (Wildman–Crippen MR) is 68.7 cm³/mol. The van der Waals surface area contributed by atoms with Crippen molar-refractivity contribution in [2.75, 3.05) is 39.3 Å². The van der Waals surface area contributed by atoms with Gasteiger partial charge in [-0.25, -0.2) is 0 Å². The molecule has 2 rings (SSSR count). The molecule has 0 bridgehead atoms. The van der Waals surface area contributed by atoms with Crippen LogP contribution in [0.5, 0.6) is 0 Å². The highest BCUT2D eigenvalue weighted by Gasteiger charge is 2.30. The normalized spacial score (nSPS) is 29.8. The van der Waals surface area contributed by atoms with Crippen LogP contribution >= 0.6 is 0 Å². The van der Waals surface area contributed by atoms with E-state index >= 15 is 0 Å². The van der Waals surface area contributed by atoms with Gasteiger partial charge in [0, 0.05) is 32.2 Å². The van der Waals surface area contributed by atoms with Gasteiger partial charge in [0.15, 0.2) is 0 Å². The molecule has 0 aromatic heterocycles. The first-order valence-electron chi connectivity index (χ1n) is 6.93. The molecule has 2 heterocycles. The molecule has 2 aliphatic heterocycles. The molecule has 2 atom stereocenters. The summed E-state index contributed by atoms with van der Waals surface area (Å²) in [7, 11) is 0. The molecule has 3 heteroatoms. The molecule has 0 spiro atoms. The number of hydrogen-bond acceptors (Lipinski definition) is 3. The van der Waals surface area contributed by atoms with E-state index in [2.05, 4.69) is 29.4 Å². The molecular formula is C13H27N3. The van der Waals surface area contributed by atoms with Crippen molar-refractivity contribution in [3.63, 3.8) is 0 Å². The summed E-state index contributed by atoms with van der Waals surface area (Å²) in [5.41, 5.74) is 0. The van der Waals surface area contributed by atoms with Crippen LogP contribution < -0.4 is 10.6 Å². The summed E-state index contributed by atoms with van der Waals surface area (Å²) in [6.45, 7) is 12.0. The van der Waals surface area contributed by atoms with Gasteiger partial charge in [0.2, 0.25) is 0 Å². The smallest absolute Gasteiger partial charge is 0.0140 e. The van der Waals surface area contributed by atoms with Gasteiger partial charge in [0.25, 0.3) is 0 Å². The van der Waals surface area contributed by atoms with Crippen molar-refractivity contribution < 1.29 is 0 Å². The van der Waals surface area contributed by atoms with Gasteiger partial charge in [-0.15, -0.1) is 0 Å². The van der Waals surface area contributed by atoms with Gasteiger partial charge in [-0.1, -0.05) is 13.8 Å². The minimum atomic E-state index is 0.817. The zero-order valence-electron chi connectivity index (χ0n) is 10.8. The first-order valence-corrected chi connectivity index (χ1v) is 6.93. The Hall–Kier alpha value is -0.120. The van der Waals surface area contributed by atoms with E-state index in [0.717, 1.165) is 17.9 Å². The van der Waals surface area contributed by atoms with Gasteiger partial charge in [-0.2, -0.15) is 0 Å². The second kappa shape index (κ2) is 5.99. The number of piperazine rings is 1. The van der Waals surface area contributed by atoms with Crippen molar-refractivity contribution in [3.8, 4) is 0 Å². The molecule has 16 heavy (non-hydrogen) atoms. The number of rotatable bonds is 4. The number of nitrogens with zero attached hydrogens (tertiary/aromatic N) is 1. The molecule has 2 fully saturated rings. The molecule has 2 unspecified atom stereocenters. The van der Waals surface area contributed by atoms with Crippen molar-refractivity contribution in [1.82, 2.24) is 15.5 Å². The van der Waals surface area contributed by atoms with Crippen molar-refractivity contribution >= 4 is 0 Å². The van der Waals surface area contributed by atoms with Crippen molar-refractivity contribution in [2.24, 2.45) is 11.8 Å². The summed E-state index contributed by atoms with van der Waals surface area (Å²) in [4.78, 5) is 2.73. The Morgan fingerprint density at radius 1 is 1.12 bits per heavy atom. The van der Waals surface area contributed by atoms with Crippen LogP contribution in [0.3, 0.4) is 0 Å². The Labute approximate surface area is 100.0 Å². The molecule has 2 saturated heterocycles. The van der Waals surface area contributed by atoms with Crippen LogP contribution in [-0.4, -0.2) is 50.2 Å². The molecule has 2 aliphatic rings. The van der Waals surface area contributed by atoms with Crippen molar-refractivity contribution in [3.05, 3.63) is 0 Å². The highest BCUT2D eigenvalue weighted by atomic mass is 15.2. The maximum atomic E-state index is 3.52. The van der Waals surface area contributed by atoms with Crippen molar-refractivity contribution in [2.45, 2.75) is 32.7 Å². The van der Waals surface area contributed by atoms with Crippen LogP contribution in [0.25, 0.3) is 0 Å².